The monoisotopic (exact) mass is 332 g/mol. The minimum atomic E-state index is -0.363. The van der Waals surface area contributed by atoms with Crippen molar-refractivity contribution in [1.29, 1.82) is 0 Å². The molecule has 0 saturated heterocycles. The van der Waals surface area contributed by atoms with Crippen molar-refractivity contribution < 1.29 is 14.4 Å². The Morgan fingerprint density at radius 3 is 1.59 bits per heavy atom. The first-order valence-corrected chi connectivity index (χ1v) is 6.62. The van der Waals surface area contributed by atoms with Gasteiger partial charge in [-0.05, 0) is 36.4 Å². The van der Waals surface area contributed by atoms with Crippen LogP contribution in [0.1, 0.15) is 15.9 Å². The fraction of sp³-hybridized carbons (Fsp3) is 0. The molecule has 0 fully saturated rings. The van der Waals surface area contributed by atoms with Crippen molar-refractivity contribution in [3.05, 3.63) is 57.6 Å². The molecule has 0 aliphatic rings. The third kappa shape index (κ3) is 3.37. The number of rotatable bonds is 4. The standard InChI is InChI=1S/C15H6Cl2N2O3/c16-11-3-1-9(5-13(11)18-7-20)15(22)10-2-4-12(17)14(6-10)19-8-21/h1-6H. The van der Waals surface area contributed by atoms with Crippen LogP contribution >= 0.6 is 23.2 Å². The highest BCUT2D eigenvalue weighted by Gasteiger charge is 2.13. The van der Waals surface area contributed by atoms with E-state index in [4.69, 9.17) is 23.2 Å². The van der Waals surface area contributed by atoms with E-state index in [-0.39, 0.29) is 38.3 Å². The molecule has 0 atom stereocenters. The van der Waals surface area contributed by atoms with Gasteiger partial charge in [-0.3, -0.25) is 4.79 Å². The van der Waals surface area contributed by atoms with Crippen LogP contribution in [0.4, 0.5) is 11.4 Å². The second-order valence-corrected chi connectivity index (χ2v) is 4.88. The Bertz CT molecular complexity index is 782. The van der Waals surface area contributed by atoms with E-state index < -0.39 is 0 Å². The number of halogens is 2. The molecule has 0 N–H and O–H groups in total. The number of isocyanates is 2. The summed E-state index contributed by atoms with van der Waals surface area (Å²) in [5.41, 5.74) is 0.814. The summed E-state index contributed by atoms with van der Waals surface area (Å²) in [6, 6.07) is 8.62. The Hall–Kier alpha value is -2.55. The molecule has 0 aliphatic carbocycles. The molecule has 5 nitrogen and oxygen atoms in total. The van der Waals surface area contributed by atoms with Crippen molar-refractivity contribution in [2.45, 2.75) is 0 Å². The summed E-state index contributed by atoms with van der Waals surface area (Å²) in [4.78, 5) is 39.9. The summed E-state index contributed by atoms with van der Waals surface area (Å²) in [6.07, 6.45) is 2.74. The Morgan fingerprint density at radius 2 is 1.23 bits per heavy atom. The lowest BCUT2D eigenvalue weighted by molar-refractivity contribution is 0.103. The van der Waals surface area contributed by atoms with E-state index in [1.54, 1.807) is 0 Å². The molecule has 2 rings (SSSR count). The van der Waals surface area contributed by atoms with Crippen molar-refractivity contribution in [1.82, 2.24) is 0 Å². The van der Waals surface area contributed by atoms with Gasteiger partial charge in [0.05, 0.1) is 21.4 Å². The van der Waals surface area contributed by atoms with E-state index in [1.165, 1.54) is 48.6 Å². The second kappa shape index (κ2) is 6.94. The van der Waals surface area contributed by atoms with Crippen LogP contribution < -0.4 is 0 Å². The quantitative estimate of drug-likeness (QED) is 0.479. The molecule has 2 aromatic carbocycles. The molecule has 0 aliphatic heterocycles. The molecule has 0 aromatic heterocycles. The lowest BCUT2D eigenvalue weighted by atomic mass is 10.0. The molecule has 0 spiro atoms. The van der Waals surface area contributed by atoms with Crippen LogP contribution in [-0.4, -0.2) is 17.9 Å². The normalized spacial score (nSPS) is 9.55. The zero-order valence-corrected chi connectivity index (χ0v) is 12.4. The maximum Gasteiger partial charge on any atom is 0.240 e. The maximum atomic E-state index is 12.4. The van der Waals surface area contributed by atoms with Crippen molar-refractivity contribution in [3.63, 3.8) is 0 Å². The van der Waals surface area contributed by atoms with E-state index in [0.717, 1.165) is 0 Å². The Morgan fingerprint density at radius 1 is 0.818 bits per heavy atom. The Balaban J connectivity index is 2.48. The van der Waals surface area contributed by atoms with Gasteiger partial charge in [0.2, 0.25) is 12.2 Å². The van der Waals surface area contributed by atoms with Crippen molar-refractivity contribution in [2.24, 2.45) is 9.98 Å². The highest BCUT2D eigenvalue weighted by Crippen LogP contribution is 2.29. The molecule has 0 amide bonds. The average Bonchev–Trinajstić information content (AvgIpc) is 2.51. The van der Waals surface area contributed by atoms with E-state index in [0.29, 0.717) is 0 Å². The van der Waals surface area contributed by atoms with Gasteiger partial charge >= 0.3 is 0 Å². The van der Waals surface area contributed by atoms with E-state index in [9.17, 15) is 14.4 Å². The van der Waals surface area contributed by atoms with Gasteiger partial charge in [0, 0.05) is 11.1 Å². The first-order valence-electron chi connectivity index (χ1n) is 5.86. The largest absolute Gasteiger partial charge is 0.289 e. The zero-order chi connectivity index (χ0) is 16.1. The minimum absolute atomic E-state index is 0.141. The molecular formula is C15H6Cl2N2O3. The molecule has 2 aromatic rings. The highest BCUT2D eigenvalue weighted by atomic mass is 35.5. The smallest absolute Gasteiger partial charge is 0.240 e. The average molecular weight is 333 g/mol. The minimum Gasteiger partial charge on any atom is -0.289 e. The summed E-state index contributed by atoms with van der Waals surface area (Å²) >= 11 is 11.7. The van der Waals surface area contributed by atoms with Crippen molar-refractivity contribution in [3.8, 4) is 0 Å². The molecule has 0 heterocycles. The maximum absolute atomic E-state index is 12.4. The SMILES string of the molecule is O=C=Nc1cc(C(=O)c2ccc(Cl)c(N=C=O)c2)ccc1Cl. The van der Waals surface area contributed by atoms with E-state index in [2.05, 4.69) is 9.98 Å². The third-order valence-electron chi connectivity index (χ3n) is 2.75. The number of benzene rings is 2. The summed E-state index contributed by atoms with van der Waals surface area (Å²) in [5, 5.41) is 0.449. The Kier molecular flexibility index (Phi) is 4.99. The zero-order valence-electron chi connectivity index (χ0n) is 10.8. The van der Waals surface area contributed by atoms with Gasteiger partial charge in [-0.2, -0.15) is 9.98 Å². The fourth-order valence-electron chi connectivity index (χ4n) is 1.74. The summed E-state index contributed by atoms with van der Waals surface area (Å²) in [6.45, 7) is 0. The van der Waals surface area contributed by atoms with E-state index in [1.807, 2.05) is 0 Å². The van der Waals surface area contributed by atoms with Crippen LogP contribution in [0.3, 0.4) is 0 Å². The van der Waals surface area contributed by atoms with Crippen LogP contribution in [0, 0.1) is 0 Å². The predicted octanol–water partition coefficient (Wildman–Crippen LogP) is 4.16. The van der Waals surface area contributed by atoms with Crippen molar-refractivity contribution in [2.75, 3.05) is 0 Å². The number of aliphatic imine (C=N–C) groups is 2. The molecular weight excluding hydrogens is 327 g/mol. The van der Waals surface area contributed by atoms with Crippen LogP contribution in [-0.2, 0) is 9.59 Å². The molecule has 22 heavy (non-hydrogen) atoms. The van der Waals surface area contributed by atoms with Gasteiger partial charge in [0.1, 0.15) is 0 Å². The van der Waals surface area contributed by atoms with Crippen LogP contribution in [0.2, 0.25) is 10.0 Å². The number of carbonyl (C=O) groups excluding carboxylic acids is 3. The van der Waals surface area contributed by atoms with Gasteiger partial charge < -0.3 is 0 Å². The lowest BCUT2D eigenvalue weighted by Gasteiger charge is -2.05. The molecule has 0 radical (unpaired) electrons. The molecule has 7 heteroatoms. The molecule has 108 valence electrons. The number of hydrogen-bond donors (Lipinski definition) is 0. The second-order valence-electron chi connectivity index (χ2n) is 4.07. The number of hydrogen-bond acceptors (Lipinski definition) is 5. The Labute approximate surface area is 134 Å². The van der Waals surface area contributed by atoms with Crippen LogP contribution in [0.5, 0.6) is 0 Å². The molecule has 0 bridgehead atoms. The molecule has 0 saturated carbocycles. The van der Waals surface area contributed by atoms with Crippen LogP contribution in [0.15, 0.2) is 46.4 Å². The number of ketones is 1. The highest BCUT2D eigenvalue weighted by molar-refractivity contribution is 6.34. The first-order chi connectivity index (χ1) is 10.6. The van der Waals surface area contributed by atoms with Gasteiger partial charge in [-0.15, -0.1) is 0 Å². The molecule has 0 unspecified atom stereocenters. The lowest BCUT2D eigenvalue weighted by Crippen LogP contribution is -2.01. The summed E-state index contributed by atoms with van der Waals surface area (Å²) in [5.74, 6) is -0.363. The third-order valence-corrected chi connectivity index (χ3v) is 3.39. The summed E-state index contributed by atoms with van der Waals surface area (Å²) in [7, 11) is 0. The van der Waals surface area contributed by atoms with Crippen LogP contribution in [0.25, 0.3) is 0 Å². The number of nitrogens with zero attached hydrogens (tertiary/aromatic N) is 2. The van der Waals surface area contributed by atoms with Gasteiger partial charge in [-0.1, -0.05) is 23.2 Å². The summed E-state index contributed by atoms with van der Waals surface area (Å²) < 4.78 is 0. The fourth-order valence-corrected chi connectivity index (χ4v) is 2.06. The van der Waals surface area contributed by atoms with E-state index >= 15 is 0 Å². The van der Waals surface area contributed by atoms with Gasteiger partial charge in [-0.25, -0.2) is 9.59 Å². The van der Waals surface area contributed by atoms with Gasteiger partial charge in [0.25, 0.3) is 0 Å². The van der Waals surface area contributed by atoms with Gasteiger partial charge in [0.15, 0.2) is 5.78 Å². The van der Waals surface area contributed by atoms with Crippen molar-refractivity contribution >= 4 is 52.5 Å². The topological polar surface area (TPSA) is 75.9 Å². The first kappa shape index (κ1) is 15.8. The number of carbonyl (C=O) groups is 1. The predicted molar refractivity (Wildman–Crippen MR) is 81.9 cm³/mol.